The first-order valence-corrected chi connectivity index (χ1v) is 4.47. The fourth-order valence-electron chi connectivity index (χ4n) is 0.114. The topological polar surface area (TPSA) is 163 Å². The zero-order valence-corrected chi connectivity index (χ0v) is 8.75. The molecular formula is C3H14N2O6P2+2. The molecule has 0 amide bonds. The van der Waals surface area contributed by atoms with E-state index in [1.165, 1.54) is 0 Å². The molecule has 2 unspecified atom stereocenters. The fourth-order valence-corrected chi connectivity index (χ4v) is 0.483. The van der Waals surface area contributed by atoms with Crippen LogP contribution in [0.3, 0.4) is 0 Å². The minimum Gasteiger partial charge on any atom is -0.344 e. The molecule has 0 saturated carbocycles. The first kappa shape index (κ1) is 23.0. The highest BCUT2D eigenvalue weighted by Gasteiger charge is 2.18. The van der Waals surface area contributed by atoms with Gasteiger partial charge in [-0.25, -0.2) is 0 Å². The van der Waals surface area contributed by atoms with Crippen LogP contribution in [-0.2, 0) is 18.2 Å². The lowest BCUT2D eigenvalue weighted by molar-refractivity contribution is 0.110. The van der Waals surface area contributed by atoms with Gasteiger partial charge < -0.3 is 12.3 Å². The molecule has 0 radical (unpaired) electrons. The van der Waals surface area contributed by atoms with Gasteiger partial charge >= 0.3 is 16.5 Å². The molecule has 8 N–H and O–H groups in total. The second kappa shape index (κ2) is 17.7. The van der Waals surface area contributed by atoms with E-state index >= 15 is 0 Å². The normalized spacial score (nSPS) is 9.38. The van der Waals surface area contributed by atoms with Gasteiger partial charge in [0.15, 0.2) is 0 Å². The molecule has 0 aromatic heterocycles. The largest absolute Gasteiger partial charge is 0.697 e. The number of hydrogen-bond acceptors (Lipinski definition) is 6. The molecule has 0 aliphatic carbocycles. The van der Waals surface area contributed by atoms with Crippen molar-refractivity contribution in [3.8, 4) is 0 Å². The zero-order chi connectivity index (χ0) is 9.28. The van der Waals surface area contributed by atoms with Crippen LogP contribution in [-0.4, -0.2) is 16.6 Å². The summed E-state index contributed by atoms with van der Waals surface area (Å²) < 4.78 is 27.0. The Hall–Kier alpha value is -0.300. The lowest BCUT2D eigenvalue weighted by Gasteiger charge is -1.74. The first-order valence-electron chi connectivity index (χ1n) is 2.21. The van der Waals surface area contributed by atoms with Crippen LogP contribution in [0, 0.1) is 0 Å². The van der Waals surface area contributed by atoms with Gasteiger partial charge in [0.2, 0.25) is 0 Å². The summed E-state index contributed by atoms with van der Waals surface area (Å²) in [7, 11) is -5.49. The van der Waals surface area contributed by atoms with Crippen LogP contribution in [0.1, 0.15) is 0 Å². The zero-order valence-electron chi connectivity index (χ0n) is 6.96. The molecule has 0 aliphatic rings. The SMILES string of the molecule is C=C.N.N.O=[P+](O)OCO[P+](=O)O. The Bertz CT molecular complexity index is 130. The van der Waals surface area contributed by atoms with E-state index in [1.54, 1.807) is 0 Å². The summed E-state index contributed by atoms with van der Waals surface area (Å²) in [6.45, 7) is 5.34. The molecule has 0 aromatic carbocycles. The Kier molecular flexibility index (Phi) is 31.3. The highest BCUT2D eigenvalue weighted by atomic mass is 31.1. The van der Waals surface area contributed by atoms with Crippen LogP contribution < -0.4 is 12.3 Å². The second-order valence-corrected chi connectivity index (χ2v) is 2.32. The van der Waals surface area contributed by atoms with Crippen LogP contribution in [0.2, 0.25) is 0 Å². The lowest BCUT2D eigenvalue weighted by atomic mass is 11.3. The van der Waals surface area contributed by atoms with Crippen molar-refractivity contribution in [2.75, 3.05) is 6.79 Å². The summed E-state index contributed by atoms with van der Waals surface area (Å²) in [6, 6.07) is 0. The average Bonchev–Trinajstić information content (AvgIpc) is 1.90. The first-order chi connectivity index (χ1) is 5.13. The molecule has 2 atom stereocenters. The third-order valence-corrected chi connectivity index (χ3v) is 0.979. The van der Waals surface area contributed by atoms with E-state index in [2.05, 4.69) is 22.2 Å². The molecule has 0 fully saturated rings. The average molecular weight is 236 g/mol. The molecule has 80 valence electrons. The minimum atomic E-state index is -2.75. The summed E-state index contributed by atoms with van der Waals surface area (Å²) in [4.78, 5) is 15.8. The molecule has 0 spiro atoms. The van der Waals surface area contributed by atoms with Gasteiger partial charge in [0.1, 0.15) is 0 Å². The van der Waals surface area contributed by atoms with E-state index < -0.39 is 23.3 Å². The summed E-state index contributed by atoms with van der Waals surface area (Å²) in [5.74, 6) is 0. The molecule has 0 heterocycles. The van der Waals surface area contributed by atoms with Crippen molar-refractivity contribution in [3.05, 3.63) is 13.2 Å². The third-order valence-electron chi connectivity index (χ3n) is 0.326. The van der Waals surface area contributed by atoms with Crippen molar-refractivity contribution in [1.29, 1.82) is 0 Å². The summed E-state index contributed by atoms with van der Waals surface area (Å²) in [6.07, 6.45) is 0. The molecule has 8 nitrogen and oxygen atoms in total. The van der Waals surface area contributed by atoms with Gasteiger partial charge in [0.05, 0.1) is 0 Å². The van der Waals surface area contributed by atoms with Crippen LogP contribution in [0.15, 0.2) is 13.2 Å². The van der Waals surface area contributed by atoms with Gasteiger partial charge in [-0.3, -0.25) is 0 Å². The molecular weight excluding hydrogens is 222 g/mol. The predicted molar refractivity (Wildman–Crippen MR) is 48.0 cm³/mol. The van der Waals surface area contributed by atoms with Gasteiger partial charge in [0.25, 0.3) is 6.79 Å². The highest BCUT2D eigenvalue weighted by molar-refractivity contribution is 7.32. The van der Waals surface area contributed by atoms with Gasteiger partial charge in [-0.15, -0.1) is 22.9 Å². The monoisotopic (exact) mass is 236 g/mol. The van der Waals surface area contributed by atoms with Crippen LogP contribution >= 0.6 is 16.5 Å². The van der Waals surface area contributed by atoms with Crippen molar-refractivity contribution in [2.24, 2.45) is 0 Å². The van der Waals surface area contributed by atoms with E-state index in [9.17, 15) is 9.13 Å². The molecule has 0 aromatic rings. The summed E-state index contributed by atoms with van der Waals surface area (Å²) in [5.41, 5.74) is 0. The Balaban J connectivity index is -0.0000000941. The van der Waals surface area contributed by atoms with Crippen LogP contribution in [0.5, 0.6) is 0 Å². The van der Waals surface area contributed by atoms with Crippen LogP contribution in [0.25, 0.3) is 0 Å². The van der Waals surface area contributed by atoms with Crippen LogP contribution in [0.4, 0.5) is 0 Å². The minimum absolute atomic E-state index is 0. The summed E-state index contributed by atoms with van der Waals surface area (Å²) in [5, 5.41) is 0. The maximum Gasteiger partial charge on any atom is 0.697 e. The van der Waals surface area contributed by atoms with Gasteiger partial charge in [-0.1, -0.05) is 9.05 Å². The fraction of sp³-hybridized carbons (Fsp3) is 0.333. The van der Waals surface area contributed by atoms with E-state index in [1.807, 2.05) is 0 Å². The Morgan fingerprint density at radius 2 is 1.23 bits per heavy atom. The highest BCUT2D eigenvalue weighted by Crippen LogP contribution is 2.19. The molecule has 0 saturated heterocycles. The van der Waals surface area contributed by atoms with E-state index in [-0.39, 0.29) is 12.3 Å². The van der Waals surface area contributed by atoms with Gasteiger partial charge in [-0.2, -0.15) is 0 Å². The van der Waals surface area contributed by atoms with E-state index in [0.29, 0.717) is 0 Å². The summed E-state index contributed by atoms with van der Waals surface area (Å²) >= 11 is 0. The van der Waals surface area contributed by atoms with Gasteiger partial charge in [0, 0.05) is 9.13 Å². The van der Waals surface area contributed by atoms with Crippen molar-refractivity contribution >= 4 is 16.5 Å². The second-order valence-electron chi connectivity index (χ2n) is 0.852. The van der Waals surface area contributed by atoms with Crippen molar-refractivity contribution in [3.63, 3.8) is 0 Å². The maximum atomic E-state index is 9.65. The number of rotatable bonds is 4. The standard InChI is InChI=1S/C2H4.CH2O6P2.2H3N/c1-2;2-8(3)6-1-7-9(4)5;;/h1-2H2;1H2;2*1H3/p+2. The van der Waals surface area contributed by atoms with Crippen molar-refractivity contribution in [2.45, 2.75) is 0 Å². The molecule has 10 heteroatoms. The smallest absolute Gasteiger partial charge is 0.344 e. The van der Waals surface area contributed by atoms with E-state index in [0.717, 1.165) is 0 Å². The molecule has 13 heavy (non-hydrogen) atoms. The molecule has 0 aliphatic heterocycles. The van der Waals surface area contributed by atoms with Gasteiger partial charge in [-0.05, 0) is 0 Å². The number of hydrogen-bond donors (Lipinski definition) is 4. The van der Waals surface area contributed by atoms with E-state index in [4.69, 9.17) is 9.79 Å². The maximum absolute atomic E-state index is 9.65. The molecule has 0 bridgehead atoms. The Morgan fingerprint density at radius 3 is 1.38 bits per heavy atom. The molecule has 0 rings (SSSR count). The Morgan fingerprint density at radius 1 is 1.00 bits per heavy atom. The predicted octanol–water partition coefficient (Wildman–Crippen LogP) is 1.40. The third kappa shape index (κ3) is 33.9. The van der Waals surface area contributed by atoms with Crippen molar-refractivity contribution < 1.29 is 28.0 Å². The lowest BCUT2D eigenvalue weighted by Crippen LogP contribution is -1.85. The Labute approximate surface area is 77.6 Å². The quantitative estimate of drug-likeness (QED) is 0.323. The van der Waals surface area contributed by atoms with Crippen molar-refractivity contribution in [1.82, 2.24) is 12.3 Å².